The first-order chi connectivity index (χ1) is 13.6. The van der Waals surface area contributed by atoms with Crippen molar-refractivity contribution in [1.82, 2.24) is 0 Å². The lowest BCUT2D eigenvalue weighted by atomic mass is 10.2. The molecule has 3 rings (SSSR count). The number of aliphatic imine (C=N–C) groups is 1. The molecule has 146 valence electrons. The average molecular weight is 398 g/mol. The number of anilines is 1. The van der Waals surface area contributed by atoms with Gasteiger partial charge in [0.15, 0.2) is 17.5 Å². The molecule has 0 aliphatic carbocycles. The molecule has 2 aromatic carbocycles. The second-order valence-corrected chi connectivity index (χ2v) is 7.06. The molecule has 3 N–H and O–H groups in total. The zero-order valence-corrected chi connectivity index (χ0v) is 16.9. The number of methoxy groups -OCH3 is 3. The molecule has 0 atom stereocenters. The summed E-state index contributed by atoms with van der Waals surface area (Å²) >= 11 is 1.69. The number of hydrogen-bond acceptors (Lipinski definition) is 5. The van der Waals surface area contributed by atoms with Gasteiger partial charge >= 0.3 is 0 Å². The highest BCUT2D eigenvalue weighted by Gasteiger charge is 2.06. The number of nitrogens with zero attached hydrogens (tertiary/aromatic N) is 1. The summed E-state index contributed by atoms with van der Waals surface area (Å²) in [5, 5.41) is 3.07. The number of ether oxygens (including phenoxy) is 3. The maximum absolute atomic E-state index is 6.02. The lowest BCUT2D eigenvalue weighted by Crippen LogP contribution is -2.22. The van der Waals surface area contributed by atoms with Gasteiger partial charge in [0.05, 0.1) is 27.9 Å². The highest BCUT2D eigenvalue weighted by atomic mass is 32.1. The average Bonchev–Trinajstić information content (AvgIpc) is 3.21. The molecule has 0 spiro atoms. The number of hydrogen-bond donors (Lipinski definition) is 2. The van der Waals surface area contributed by atoms with Gasteiger partial charge in [0, 0.05) is 21.5 Å². The van der Waals surface area contributed by atoms with Crippen LogP contribution in [0.25, 0.3) is 10.4 Å². The molecule has 0 amide bonds. The van der Waals surface area contributed by atoms with Crippen molar-refractivity contribution in [3.63, 3.8) is 0 Å². The van der Waals surface area contributed by atoms with E-state index in [4.69, 9.17) is 19.9 Å². The Labute approximate surface area is 168 Å². The van der Waals surface area contributed by atoms with E-state index in [1.54, 1.807) is 32.7 Å². The van der Waals surface area contributed by atoms with E-state index in [2.05, 4.69) is 22.4 Å². The summed E-state index contributed by atoms with van der Waals surface area (Å²) in [5.74, 6) is 2.47. The van der Waals surface area contributed by atoms with Gasteiger partial charge in [-0.25, -0.2) is 4.99 Å². The molecule has 3 aromatic rings. The highest BCUT2D eigenvalue weighted by molar-refractivity contribution is 7.15. The van der Waals surface area contributed by atoms with Crippen molar-refractivity contribution in [1.29, 1.82) is 0 Å². The van der Waals surface area contributed by atoms with Crippen LogP contribution >= 0.6 is 11.3 Å². The molecule has 0 fully saturated rings. The molecular formula is C21H23N3O3S. The molecule has 6 nitrogen and oxygen atoms in total. The first-order valence-electron chi connectivity index (χ1n) is 8.65. The molecule has 1 aromatic heterocycles. The van der Waals surface area contributed by atoms with Gasteiger partial charge in [0.25, 0.3) is 0 Å². The second-order valence-electron chi connectivity index (χ2n) is 5.89. The minimum Gasteiger partial charge on any atom is -0.497 e. The standard InChI is InChI=1S/C21H23N3O3S/c1-25-16-7-4-14(5-8-16)20-11-9-17(28-20)13-23-21(22)24-15-6-10-18(26-2)19(12-15)27-3/h4-12H,13H2,1-3H3,(H3,22,23,24). The van der Waals surface area contributed by atoms with E-state index in [-0.39, 0.29) is 0 Å². The molecule has 0 saturated carbocycles. The number of benzene rings is 2. The Hall–Kier alpha value is -3.19. The van der Waals surface area contributed by atoms with E-state index in [1.165, 1.54) is 4.88 Å². The molecule has 0 bridgehead atoms. The fraction of sp³-hybridized carbons (Fsp3) is 0.190. The van der Waals surface area contributed by atoms with Gasteiger partial charge in [-0.15, -0.1) is 11.3 Å². The molecule has 28 heavy (non-hydrogen) atoms. The van der Waals surface area contributed by atoms with Crippen molar-refractivity contribution in [3.8, 4) is 27.7 Å². The van der Waals surface area contributed by atoms with Crippen molar-refractivity contribution in [3.05, 3.63) is 59.5 Å². The van der Waals surface area contributed by atoms with Crippen LogP contribution in [0.1, 0.15) is 4.88 Å². The number of nitrogens with two attached hydrogens (primary N) is 1. The van der Waals surface area contributed by atoms with Gasteiger partial charge in [0.2, 0.25) is 0 Å². The normalized spacial score (nSPS) is 11.2. The Morgan fingerprint density at radius 1 is 0.929 bits per heavy atom. The van der Waals surface area contributed by atoms with E-state index in [9.17, 15) is 0 Å². The van der Waals surface area contributed by atoms with Gasteiger partial charge in [-0.05, 0) is 54.1 Å². The smallest absolute Gasteiger partial charge is 0.193 e. The summed E-state index contributed by atoms with van der Waals surface area (Å²) < 4.78 is 15.7. The lowest BCUT2D eigenvalue weighted by Gasteiger charge is -2.10. The van der Waals surface area contributed by atoms with Crippen LogP contribution in [0.4, 0.5) is 5.69 Å². The highest BCUT2D eigenvalue weighted by Crippen LogP contribution is 2.31. The van der Waals surface area contributed by atoms with Crippen molar-refractivity contribution in [2.45, 2.75) is 6.54 Å². The van der Waals surface area contributed by atoms with Crippen LogP contribution in [-0.2, 0) is 6.54 Å². The van der Waals surface area contributed by atoms with E-state index < -0.39 is 0 Å². The Morgan fingerprint density at radius 2 is 1.68 bits per heavy atom. The third-order valence-electron chi connectivity index (χ3n) is 4.10. The summed E-state index contributed by atoms with van der Waals surface area (Å²) in [5.41, 5.74) is 7.95. The fourth-order valence-corrected chi connectivity index (χ4v) is 3.58. The van der Waals surface area contributed by atoms with E-state index in [0.29, 0.717) is 24.0 Å². The van der Waals surface area contributed by atoms with Crippen molar-refractivity contribution < 1.29 is 14.2 Å². The Bertz CT molecular complexity index is 952. The van der Waals surface area contributed by atoms with Crippen LogP contribution in [0, 0.1) is 0 Å². The first kappa shape index (κ1) is 19.6. The minimum absolute atomic E-state index is 0.339. The summed E-state index contributed by atoms with van der Waals surface area (Å²) in [4.78, 5) is 6.73. The first-order valence-corrected chi connectivity index (χ1v) is 9.46. The quantitative estimate of drug-likeness (QED) is 0.457. The molecule has 0 aliphatic rings. The van der Waals surface area contributed by atoms with Gasteiger partial charge in [0.1, 0.15) is 5.75 Å². The maximum Gasteiger partial charge on any atom is 0.193 e. The van der Waals surface area contributed by atoms with Crippen LogP contribution in [0.2, 0.25) is 0 Å². The third kappa shape index (κ3) is 4.75. The molecular weight excluding hydrogens is 374 g/mol. The van der Waals surface area contributed by atoms with E-state index >= 15 is 0 Å². The van der Waals surface area contributed by atoms with Gasteiger partial charge < -0.3 is 25.3 Å². The predicted molar refractivity (Wildman–Crippen MR) is 115 cm³/mol. The molecule has 0 saturated heterocycles. The molecule has 0 unspecified atom stereocenters. The summed E-state index contributed by atoms with van der Waals surface area (Å²) in [6, 6.07) is 17.7. The summed E-state index contributed by atoms with van der Waals surface area (Å²) in [7, 11) is 4.86. The fourth-order valence-electron chi connectivity index (χ4n) is 2.64. The van der Waals surface area contributed by atoms with Gasteiger partial charge in [-0.1, -0.05) is 0 Å². The topological polar surface area (TPSA) is 78.1 Å². The monoisotopic (exact) mass is 397 g/mol. The van der Waals surface area contributed by atoms with Crippen LogP contribution in [-0.4, -0.2) is 27.3 Å². The predicted octanol–water partition coefficient (Wildman–Crippen LogP) is 4.37. The summed E-state index contributed by atoms with van der Waals surface area (Å²) in [6.07, 6.45) is 0. The lowest BCUT2D eigenvalue weighted by molar-refractivity contribution is 0.355. The zero-order chi connectivity index (χ0) is 19.9. The van der Waals surface area contributed by atoms with Crippen molar-refractivity contribution in [2.24, 2.45) is 10.7 Å². The number of nitrogens with one attached hydrogen (secondary N) is 1. The molecule has 0 aliphatic heterocycles. The summed E-state index contributed by atoms with van der Waals surface area (Å²) in [6.45, 7) is 0.507. The van der Waals surface area contributed by atoms with Gasteiger partial charge in [-0.2, -0.15) is 0 Å². The van der Waals surface area contributed by atoms with Crippen molar-refractivity contribution >= 4 is 23.0 Å². The largest absolute Gasteiger partial charge is 0.497 e. The maximum atomic E-state index is 6.02. The molecule has 1 heterocycles. The number of guanidine groups is 1. The minimum atomic E-state index is 0.339. The van der Waals surface area contributed by atoms with Crippen LogP contribution in [0.3, 0.4) is 0 Å². The van der Waals surface area contributed by atoms with E-state index in [1.807, 2.05) is 42.5 Å². The number of thiophene rings is 1. The second kappa shape index (κ2) is 9.14. The van der Waals surface area contributed by atoms with Gasteiger partial charge in [-0.3, -0.25) is 0 Å². The van der Waals surface area contributed by atoms with E-state index in [0.717, 1.165) is 21.9 Å². The molecule has 0 radical (unpaired) electrons. The van der Waals surface area contributed by atoms with Crippen LogP contribution in [0.15, 0.2) is 59.6 Å². The third-order valence-corrected chi connectivity index (χ3v) is 5.22. The SMILES string of the molecule is COc1ccc(-c2ccc(CN=C(N)Nc3ccc(OC)c(OC)c3)s2)cc1. The van der Waals surface area contributed by atoms with Crippen LogP contribution in [0.5, 0.6) is 17.2 Å². The number of rotatable bonds is 7. The van der Waals surface area contributed by atoms with Crippen molar-refractivity contribution in [2.75, 3.05) is 26.6 Å². The Kier molecular flexibility index (Phi) is 6.39. The molecule has 7 heteroatoms. The Balaban J connectivity index is 1.64. The zero-order valence-electron chi connectivity index (χ0n) is 16.1. The Morgan fingerprint density at radius 3 is 2.36 bits per heavy atom. The van der Waals surface area contributed by atoms with Crippen LogP contribution < -0.4 is 25.3 Å².